The predicted octanol–water partition coefficient (Wildman–Crippen LogP) is 2.18. The van der Waals surface area contributed by atoms with E-state index in [1.807, 2.05) is 12.1 Å². The van der Waals surface area contributed by atoms with Gasteiger partial charge in [0.15, 0.2) is 0 Å². The molecule has 1 unspecified atom stereocenters. The first-order valence-electron chi connectivity index (χ1n) is 5.91. The maximum Gasteiger partial charge on any atom is 0.127 e. The Morgan fingerprint density at radius 3 is 2.62 bits per heavy atom. The van der Waals surface area contributed by atoms with Crippen molar-refractivity contribution in [1.82, 2.24) is 10.2 Å². The molecule has 1 aliphatic heterocycles. The molecule has 1 N–H and O–H groups in total. The van der Waals surface area contributed by atoms with Crippen molar-refractivity contribution < 1.29 is 4.39 Å². The van der Waals surface area contributed by atoms with Crippen LogP contribution in [0.15, 0.2) is 24.3 Å². The standard InChI is InChI=1S/C13H19FN2/c1-3-13(16(2)10-8-15-9-10)11-6-4-5-7-12(11)14/h4-7,10,13,15H,3,8-9H2,1-2H3. The van der Waals surface area contributed by atoms with Crippen molar-refractivity contribution in [2.24, 2.45) is 0 Å². The summed E-state index contributed by atoms with van der Waals surface area (Å²) < 4.78 is 13.7. The van der Waals surface area contributed by atoms with E-state index in [-0.39, 0.29) is 11.9 Å². The smallest absolute Gasteiger partial charge is 0.127 e. The largest absolute Gasteiger partial charge is 0.314 e. The van der Waals surface area contributed by atoms with Crippen LogP contribution in [-0.4, -0.2) is 31.1 Å². The highest BCUT2D eigenvalue weighted by Gasteiger charge is 2.28. The molecular weight excluding hydrogens is 203 g/mol. The minimum absolute atomic E-state index is 0.0894. The summed E-state index contributed by atoms with van der Waals surface area (Å²) in [6.45, 7) is 4.14. The molecule has 0 amide bonds. The molecule has 0 bridgehead atoms. The zero-order valence-corrected chi connectivity index (χ0v) is 9.91. The molecule has 2 nitrogen and oxygen atoms in total. The van der Waals surface area contributed by atoms with Gasteiger partial charge in [0.05, 0.1) is 0 Å². The van der Waals surface area contributed by atoms with Gasteiger partial charge in [-0.3, -0.25) is 4.90 Å². The van der Waals surface area contributed by atoms with Crippen LogP contribution in [0.1, 0.15) is 24.9 Å². The highest BCUT2D eigenvalue weighted by Crippen LogP contribution is 2.27. The SMILES string of the molecule is CCC(c1ccccc1F)N(C)C1CNC1. The van der Waals surface area contributed by atoms with Crippen LogP contribution < -0.4 is 5.32 Å². The molecule has 0 radical (unpaired) electrons. The lowest BCUT2D eigenvalue weighted by atomic mass is 9.99. The lowest BCUT2D eigenvalue weighted by Crippen LogP contribution is -2.56. The van der Waals surface area contributed by atoms with Gasteiger partial charge in [-0.05, 0) is 19.5 Å². The summed E-state index contributed by atoms with van der Waals surface area (Å²) >= 11 is 0. The number of hydrogen-bond acceptors (Lipinski definition) is 2. The molecule has 1 saturated heterocycles. The molecule has 1 aromatic rings. The van der Waals surface area contributed by atoms with Crippen LogP contribution in [0.4, 0.5) is 4.39 Å². The fourth-order valence-electron chi connectivity index (χ4n) is 2.29. The van der Waals surface area contributed by atoms with Crippen LogP contribution in [0.5, 0.6) is 0 Å². The molecule has 16 heavy (non-hydrogen) atoms. The Bertz CT molecular complexity index is 350. The average Bonchev–Trinajstić information content (AvgIpc) is 2.19. The Labute approximate surface area is 96.5 Å². The van der Waals surface area contributed by atoms with Crippen LogP contribution in [0.2, 0.25) is 0 Å². The van der Waals surface area contributed by atoms with E-state index >= 15 is 0 Å². The van der Waals surface area contributed by atoms with Crippen LogP contribution in [0.3, 0.4) is 0 Å². The lowest BCUT2D eigenvalue weighted by molar-refractivity contribution is 0.122. The monoisotopic (exact) mass is 222 g/mol. The highest BCUT2D eigenvalue weighted by molar-refractivity contribution is 5.21. The second-order valence-corrected chi connectivity index (χ2v) is 4.42. The van der Waals surface area contributed by atoms with Gasteiger partial charge in [0.2, 0.25) is 0 Å². The van der Waals surface area contributed by atoms with Crippen LogP contribution in [-0.2, 0) is 0 Å². The van der Waals surface area contributed by atoms with Crippen molar-refractivity contribution in [2.75, 3.05) is 20.1 Å². The van der Waals surface area contributed by atoms with E-state index in [9.17, 15) is 4.39 Å². The highest BCUT2D eigenvalue weighted by atomic mass is 19.1. The average molecular weight is 222 g/mol. The fraction of sp³-hybridized carbons (Fsp3) is 0.538. The third kappa shape index (κ3) is 2.11. The summed E-state index contributed by atoms with van der Waals surface area (Å²) in [5, 5.41) is 3.25. The number of likely N-dealkylation sites (N-methyl/N-ethyl adjacent to an activating group) is 1. The fourth-order valence-corrected chi connectivity index (χ4v) is 2.29. The summed E-state index contributed by atoms with van der Waals surface area (Å²) in [5.41, 5.74) is 0.819. The Morgan fingerprint density at radius 1 is 1.44 bits per heavy atom. The Kier molecular flexibility index (Phi) is 3.56. The molecule has 0 aromatic heterocycles. The molecule has 3 heteroatoms. The number of nitrogens with one attached hydrogen (secondary N) is 1. The molecule has 1 heterocycles. The van der Waals surface area contributed by atoms with Gasteiger partial charge in [0.1, 0.15) is 5.82 Å². The number of nitrogens with zero attached hydrogens (tertiary/aromatic N) is 1. The molecule has 1 aromatic carbocycles. The third-order valence-electron chi connectivity index (χ3n) is 3.48. The lowest BCUT2D eigenvalue weighted by Gasteiger charge is -2.40. The van der Waals surface area contributed by atoms with Gasteiger partial charge < -0.3 is 5.32 Å². The quantitative estimate of drug-likeness (QED) is 0.840. The van der Waals surface area contributed by atoms with Gasteiger partial charge in [-0.2, -0.15) is 0 Å². The van der Waals surface area contributed by atoms with Crippen LogP contribution >= 0.6 is 0 Å². The van der Waals surface area contributed by atoms with Gasteiger partial charge in [-0.1, -0.05) is 25.1 Å². The van der Waals surface area contributed by atoms with E-state index in [1.54, 1.807) is 12.1 Å². The number of hydrogen-bond donors (Lipinski definition) is 1. The first-order valence-corrected chi connectivity index (χ1v) is 5.91. The van der Waals surface area contributed by atoms with Crippen molar-refractivity contribution in [3.63, 3.8) is 0 Å². The van der Waals surface area contributed by atoms with E-state index in [0.29, 0.717) is 6.04 Å². The summed E-state index contributed by atoms with van der Waals surface area (Å²) in [6, 6.07) is 7.83. The van der Waals surface area contributed by atoms with Crippen molar-refractivity contribution in [3.05, 3.63) is 35.6 Å². The van der Waals surface area contributed by atoms with E-state index < -0.39 is 0 Å². The Hall–Kier alpha value is -0.930. The molecule has 1 aliphatic rings. The molecular formula is C13H19FN2. The molecule has 1 fully saturated rings. The van der Waals surface area contributed by atoms with E-state index in [0.717, 1.165) is 25.1 Å². The number of halogens is 1. The van der Waals surface area contributed by atoms with Crippen molar-refractivity contribution in [2.45, 2.75) is 25.4 Å². The van der Waals surface area contributed by atoms with E-state index in [4.69, 9.17) is 0 Å². The molecule has 0 aliphatic carbocycles. The van der Waals surface area contributed by atoms with Crippen molar-refractivity contribution in [3.8, 4) is 0 Å². The van der Waals surface area contributed by atoms with Crippen LogP contribution in [0, 0.1) is 5.82 Å². The predicted molar refractivity (Wildman–Crippen MR) is 63.9 cm³/mol. The number of benzene rings is 1. The number of rotatable bonds is 4. The third-order valence-corrected chi connectivity index (χ3v) is 3.48. The molecule has 0 saturated carbocycles. The Morgan fingerprint density at radius 2 is 2.12 bits per heavy atom. The zero-order chi connectivity index (χ0) is 11.5. The van der Waals surface area contributed by atoms with Gasteiger partial charge in [-0.15, -0.1) is 0 Å². The Balaban J connectivity index is 2.18. The first kappa shape index (κ1) is 11.6. The maximum absolute atomic E-state index is 13.7. The molecule has 88 valence electrons. The van der Waals surface area contributed by atoms with E-state index in [1.165, 1.54) is 0 Å². The van der Waals surface area contributed by atoms with Crippen LogP contribution in [0.25, 0.3) is 0 Å². The first-order chi connectivity index (χ1) is 7.74. The second kappa shape index (κ2) is 4.93. The van der Waals surface area contributed by atoms with E-state index in [2.05, 4.69) is 24.2 Å². The van der Waals surface area contributed by atoms with Gasteiger partial charge in [-0.25, -0.2) is 4.39 Å². The minimum Gasteiger partial charge on any atom is -0.314 e. The van der Waals surface area contributed by atoms with Gasteiger partial charge in [0.25, 0.3) is 0 Å². The zero-order valence-electron chi connectivity index (χ0n) is 9.91. The topological polar surface area (TPSA) is 15.3 Å². The molecule has 0 spiro atoms. The summed E-state index contributed by atoms with van der Waals surface area (Å²) in [7, 11) is 2.09. The summed E-state index contributed by atoms with van der Waals surface area (Å²) in [4.78, 5) is 2.29. The molecule has 1 atom stereocenters. The minimum atomic E-state index is -0.0894. The maximum atomic E-state index is 13.7. The second-order valence-electron chi connectivity index (χ2n) is 4.42. The van der Waals surface area contributed by atoms with Crippen molar-refractivity contribution >= 4 is 0 Å². The van der Waals surface area contributed by atoms with Crippen molar-refractivity contribution in [1.29, 1.82) is 0 Å². The molecule has 2 rings (SSSR count). The van der Waals surface area contributed by atoms with Gasteiger partial charge >= 0.3 is 0 Å². The normalized spacial score (nSPS) is 18.5. The summed E-state index contributed by atoms with van der Waals surface area (Å²) in [6.07, 6.45) is 0.938. The van der Waals surface area contributed by atoms with Gasteiger partial charge in [0, 0.05) is 30.7 Å². The summed E-state index contributed by atoms with van der Waals surface area (Å²) in [5.74, 6) is -0.0894.